The summed E-state index contributed by atoms with van der Waals surface area (Å²) in [5, 5.41) is 9.95. The van der Waals surface area contributed by atoms with Crippen LogP contribution < -0.4 is 9.64 Å². The predicted molar refractivity (Wildman–Crippen MR) is 122 cm³/mol. The lowest BCUT2D eigenvalue weighted by Gasteiger charge is -2.17. The van der Waals surface area contributed by atoms with Gasteiger partial charge >= 0.3 is 6.18 Å². The molecule has 0 bridgehead atoms. The van der Waals surface area contributed by atoms with Gasteiger partial charge in [0.2, 0.25) is 11.8 Å². The third kappa shape index (κ3) is 4.64. The number of rotatable bonds is 6. The van der Waals surface area contributed by atoms with Gasteiger partial charge < -0.3 is 4.74 Å². The molecule has 0 saturated carbocycles. The summed E-state index contributed by atoms with van der Waals surface area (Å²) >= 11 is 1.90. The lowest BCUT2D eigenvalue weighted by atomic mass is 10.1. The van der Waals surface area contributed by atoms with E-state index in [1.54, 1.807) is 47.8 Å². The summed E-state index contributed by atoms with van der Waals surface area (Å²) < 4.78 is 46.6. The number of nitriles is 1. The summed E-state index contributed by atoms with van der Waals surface area (Å²) in [5.41, 5.74) is -1.42. The molecule has 174 valence electrons. The number of hydrogen-bond donors (Lipinski definition) is 0. The van der Waals surface area contributed by atoms with Gasteiger partial charge in [-0.1, -0.05) is 17.8 Å². The first-order valence-corrected chi connectivity index (χ1v) is 11.8. The fraction of sp³-hybridized carbons (Fsp3) is 0.217. The molecule has 1 saturated heterocycles. The standard InChI is InChI=1S/C23H16F3N3O3S2/c1-2-32-14-7-5-13(6-8-14)29-20(30)11-19(22(29)31)34-21-15(12-27)16(23(24,25)26)10-17(28-21)18-4-3-9-33-18/h3-10,19H,2,11H2,1H3/t19-/m1/s1. The molecule has 1 aromatic carbocycles. The zero-order valence-electron chi connectivity index (χ0n) is 17.6. The number of thioether (sulfide) groups is 1. The van der Waals surface area contributed by atoms with E-state index < -0.39 is 34.4 Å². The Bertz CT molecular complexity index is 1270. The first kappa shape index (κ1) is 23.8. The summed E-state index contributed by atoms with van der Waals surface area (Å²) in [4.78, 5) is 31.4. The van der Waals surface area contributed by atoms with Gasteiger partial charge in [0.15, 0.2) is 0 Å². The van der Waals surface area contributed by atoms with Crippen molar-refractivity contribution in [3.63, 3.8) is 0 Å². The van der Waals surface area contributed by atoms with E-state index in [2.05, 4.69) is 4.98 Å². The Balaban J connectivity index is 1.68. The molecular weight excluding hydrogens is 487 g/mol. The molecule has 3 heterocycles. The fourth-order valence-corrected chi connectivity index (χ4v) is 5.26. The number of halogens is 3. The normalized spacial score (nSPS) is 16.1. The van der Waals surface area contributed by atoms with Crippen molar-refractivity contribution in [2.45, 2.75) is 29.8 Å². The van der Waals surface area contributed by atoms with Crippen LogP contribution in [0.3, 0.4) is 0 Å². The number of imide groups is 1. The summed E-state index contributed by atoms with van der Waals surface area (Å²) in [6, 6.07) is 12.1. The van der Waals surface area contributed by atoms with Gasteiger partial charge in [0.25, 0.3) is 0 Å². The van der Waals surface area contributed by atoms with Crippen LogP contribution in [0.5, 0.6) is 5.75 Å². The molecule has 11 heteroatoms. The monoisotopic (exact) mass is 503 g/mol. The number of aromatic nitrogens is 1. The van der Waals surface area contributed by atoms with Gasteiger partial charge in [-0.2, -0.15) is 18.4 Å². The smallest absolute Gasteiger partial charge is 0.417 e. The molecule has 0 unspecified atom stereocenters. The highest BCUT2D eigenvalue weighted by atomic mass is 32.2. The van der Waals surface area contributed by atoms with E-state index in [0.29, 0.717) is 34.7 Å². The summed E-state index contributed by atoms with van der Waals surface area (Å²) in [6.07, 6.45) is -5.02. The van der Waals surface area contributed by atoms with Crippen molar-refractivity contribution in [1.82, 2.24) is 4.98 Å². The molecule has 4 rings (SSSR count). The molecule has 1 atom stereocenters. The molecule has 1 aliphatic heterocycles. The third-order valence-electron chi connectivity index (χ3n) is 4.94. The number of carbonyl (C=O) groups is 2. The number of amides is 2. The molecular formula is C23H16F3N3O3S2. The Morgan fingerprint density at radius 3 is 2.59 bits per heavy atom. The maximum atomic E-state index is 13.7. The van der Waals surface area contributed by atoms with Gasteiger partial charge in [-0.25, -0.2) is 9.88 Å². The quantitative estimate of drug-likeness (QED) is 0.412. The third-order valence-corrected chi connectivity index (χ3v) is 7.01. The second-order valence-corrected chi connectivity index (χ2v) is 9.27. The molecule has 0 aliphatic carbocycles. The van der Waals surface area contributed by atoms with Crippen LogP contribution >= 0.6 is 23.1 Å². The van der Waals surface area contributed by atoms with Gasteiger partial charge in [-0.15, -0.1) is 11.3 Å². The minimum absolute atomic E-state index is 0.0453. The van der Waals surface area contributed by atoms with Crippen LogP contribution in [0.15, 0.2) is 52.9 Å². The Morgan fingerprint density at radius 1 is 1.26 bits per heavy atom. The van der Waals surface area contributed by atoms with Gasteiger partial charge in [0.05, 0.1) is 39.2 Å². The van der Waals surface area contributed by atoms with Gasteiger partial charge in [0, 0.05) is 6.42 Å². The largest absolute Gasteiger partial charge is 0.494 e. The molecule has 2 amide bonds. The van der Waals surface area contributed by atoms with E-state index >= 15 is 0 Å². The van der Waals surface area contributed by atoms with Crippen molar-refractivity contribution < 1.29 is 27.5 Å². The topological polar surface area (TPSA) is 83.3 Å². The number of thiophene rings is 1. The van der Waals surface area contributed by atoms with E-state index in [0.717, 1.165) is 11.0 Å². The minimum atomic E-state index is -4.79. The fourth-order valence-electron chi connectivity index (χ4n) is 3.45. The van der Waals surface area contributed by atoms with E-state index in [4.69, 9.17) is 4.74 Å². The van der Waals surface area contributed by atoms with E-state index in [9.17, 15) is 28.0 Å². The zero-order valence-corrected chi connectivity index (χ0v) is 19.3. The molecule has 6 nitrogen and oxygen atoms in total. The second-order valence-electron chi connectivity index (χ2n) is 7.13. The van der Waals surface area contributed by atoms with Gasteiger partial charge in [0.1, 0.15) is 16.8 Å². The molecule has 0 radical (unpaired) electrons. The summed E-state index contributed by atoms with van der Waals surface area (Å²) in [6.45, 7) is 2.28. The maximum absolute atomic E-state index is 13.7. The average Bonchev–Trinajstić information content (AvgIpc) is 3.42. The van der Waals surface area contributed by atoms with Crippen LogP contribution in [0.25, 0.3) is 10.6 Å². The molecule has 2 aromatic heterocycles. The van der Waals surface area contributed by atoms with Crippen LogP contribution in [-0.2, 0) is 15.8 Å². The molecule has 1 fully saturated rings. The van der Waals surface area contributed by atoms with Crippen molar-refractivity contribution >= 4 is 40.6 Å². The van der Waals surface area contributed by atoms with Crippen LogP contribution in [0.4, 0.5) is 18.9 Å². The predicted octanol–water partition coefficient (Wildman–Crippen LogP) is 5.52. The number of hydrogen-bond acceptors (Lipinski definition) is 7. The maximum Gasteiger partial charge on any atom is 0.417 e. The van der Waals surface area contributed by atoms with Crippen LogP contribution in [0, 0.1) is 11.3 Å². The highest BCUT2D eigenvalue weighted by molar-refractivity contribution is 8.00. The minimum Gasteiger partial charge on any atom is -0.494 e. The van der Waals surface area contributed by atoms with Crippen molar-refractivity contribution in [2.24, 2.45) is 0 Å². The van der Waals surface area contributed by atoms with E-state index in [-0.39, 0.29) is 17.1 Å². The lowest BCUT2D eigenvalue weighted by molar-refractivity contribution is -0.138. The number of ether oxygens (including phenoxy) is 1. The molecule has 1 aliphatic rings. The summed E-state index contributed by atoms with van der Waals surface area (Å²) in [7, 11) is 0. The van der Waals surface area contributed by atoms with Crippen molar-refractivity contribution in [3.8, 4) is 22.4 Å². The first-order chi connectivity index (χ1) is 16.2. The Kier molecular flexibility index (Phi) is 6.63. The second kappa shape index (κ2) is 9.48. The molecule has 0 N–H and O–H groups in total. The van der Waals surface area contributed by atoms with Crippen LogP contribution in [-0.4, -0.2) is 28.7 Å². The zero-order chi connectivity index (χ0) is 24.5. The van der Waals surface area contributed by atoms with E-state index in [1.165, 1.54) is 11.3 Å². The molecule has 0 spiro atoms. The SMILES string of the molecule is CCOc1ccc(N2C(=O)C[C@@H](Sc3nc(-c4cccs4)cc(C(F)(F)F)c3C#N)C2=O)cc1. The number of pyridine rings is 1. The number of benzene rings is 1. The highest BCUT2D eigenvalue weighted by Crippen LogP contribution is 2.41. The van der Waals surface area contributed by atoms with Gasteiger partial charge in [-0.05, 0) is 48.7 Å². The van der Waals surface area contributed by atoms with Gasteiger partial charge in [-0.3, -0.25) is 9.59 Å². The number of carbonyl (C=O) groups excluding carboxylic acids is 2. The molecule has 34 heavy (non-hydrogen) atoms. The van der Waals surface area contributed by atoms with E-state index in [1.807, 2.05) is 6.92 Å². The van der Waals surface area contributed by atoms with Crippen molar-refractivity contribution in [1.29, 1.82) is 5.26 Å². The average molecular weight is 504 g/mol. The Morgan fingerprint density at radius 2 is 2.00 bits per heavy atom. The first-order valence-electron chi connectivity index (χ1n) is 10.1. The number of alkyl halides is 3. The highest BCUT2D eigenvalue weighted by Gasteiger charge is 2.42. The Labute approximate surface area is 201 Å². The van der Waals surface area contributed by atoms with Crippen LogP contribution in [0.2, 0.25) is 0 Å². The number of nitrogens with zero attached hydrogens (tertiary/aromatic N) is 3. The number of anilines is 1. The van der Waals surface area contributed by atoms with Crippen molar-refractivity contribution in [3.05, 3.63) is 59.0 Å². The lowest BCUT2D eigenvalue weighted by Crippen LogP contribution is -2.31. The summed E-state index contributed by atoms with van der Waals surface area (Å²) in [5.74, 6) is -0.500. The van der Waals surface area contributed by atoms with Crippen LogP contribution in [0.1, 0.15) is 24.5 Å². The molecule has 3 aromatic rings. The van der Waals surface area contributed by atoms with Crippen molar-refractivity contribution in [2.75, 3.05) is 11.5 Å². The Hall–Kier alpha value is -3.36.